The number of hydrogen-bond acceptors (Lipinski definition) is 11. The molecule has 9 N–H and O–H groups in total. The van der Waals surface area contributed by atoms with Crippen LogP contribution in [0.5, 0.6) is 0 Å². The number of aliphatic hydroxyl groups is 7. The van der Waals surface area contributed by atoms with Crippen molar-refractivity contribution in [1.82, 2.24) is 5.32 Å². The van der Waals surface area contributed by atoms with E-state index in [-0.39, 0.29) is 6.42 Å². The molecule has 8 unspecified atom stereocenters. The van der Waals surface area contributed by atoms with E-state index in [1.54, 1.807) is 6.08 Å². The zero-order chi connectivity index (χ0) is 42.3. The van der Waals surface area contributed by atoms with Crippen LogP contribution in [0.3, 0.4) is 0 Å². The molecule has 57 heavy (non-hydrogen) atoms. The van der Waals surface area contributed by atoms with E-state index < -0.39 is 75.2 Å². The molecule has 0 aromatic carbocycles. The van der Waals surface area contributed by atoms with E-state index in [1.807, 2.05) is 0 Å². The zero-order valence-electron chi connectivity index (χ0n) is 35.3. The number of unbranched alkanes of at least 4 members (excludes halogenated alkanes) is 21. The van der Waals surface area contributed by atoms with Crippen LogP contribution >= 0.6 is 7.82 Å². The van der Waals surface area contributed by atoms with Crippen molar-refractivity contribution in [2.45, 2.75) is 236 Å². The van der Waals surface area contributed by atoms with Gasteiger partial charge in [0.1, 0.15) is 36.6 Å². The van der Waals surface area contributed by atoms with Gasteiger partial charge < -0.3 is 46.0 Å². The van der Waals surface area contributed by atoms with Gasteiger partial charge in [0, 0.05) is 0 Å². The molecule has 13 nitrogen and oxygen atoms in total. The highest BCUT2D eigenvalue weighted by atomic mass is 31.2. The van der Waals surface area contributed by atoms with Crippen LogP contribution in [-0.2, 0) is 18.4 Å². The summed E-state index contributed by atoms with van der Waals surface area (Å²) in [7, 11) is -5.14. The lowest BCUT2D eigenvalue weighted by molar-refractivity contribution is -0.220. The number of aliphatic hydroxyl groups excluding tert-OH is 7. The SMILES string of the molecule is CCCCCCCCCCC/C=C/CC/C=C/C(O)C(COP(=O)(O)OC1C(O)C(O)C(O)C(O)C1O)NC(=O)CC(O)CCCCCCCCCCCCCC. The third-order valence-corrected chi connectivity index (χ3v) is 11.8. The molecule has 0 aliphatic heterocycles. The average molecular weight is 836 g/mol. The lowest BCUT2D eigenvalue weighted by atomic mass is 9.85. The van der Waals surface area contributed by atoms with Gasteiger partial charge in [-0.1, -0.05) is 167 Å². The van der Waals surface area contributed by atoms with Gasteiger partial charge >= 0.3 is 7.82 Å². The molecule has 1 aliphatic carbocycles. The van der Waals surface area contributed by atoms with E-state index in [1.165, 1.54) is 109 Å². The lowest BCUT2D eigenvalue weighted by Gasteiger charge is -2.41. The van der Waals surface area contributed by atoms with E-state index in [4.69, 9.17) is 9.05 Å². The molecule has 0 bridgehead atoms. The smallest absolute Gasteiger partial charge is 0.393 e. The molecule has 1 amide bonds. The highest BCUT2D eigenvalue weighted by Gasteiger charge is 2.51. The predicted molar refractivity (Wildman–Crippen MR) is 224 cm³/mol. The van der Waals surface area contributed by atoms with Crippen molar-refractivity contribution in [3.8, 4) is 0 Å². The third kappa shape index (κ3) is 25.9. The summed E-state index contributed by atoms with van der Waals surface area (Å²) in [5.74, 6) is -0.603. The molecule has 1 rings (SSSR count). The normalized spacial score (nSPS) is 24.2. The monoisotopic (exact) mass is 836 g/mol. The summed E-state index contributed by atoms with van der Waals surface area (Å²) in [5.41, 5.74) is 0. The molecule has 8 atom stereocenters. The molecule has 0 aromatic rings. The van der Waals surface area contributed by atoms with Crippen molar-refractivity contribution in [3.63, 3.8) is 0 Å². The number of phosphoric acid groups is 1. The number of carbonyl (C=O) groups is 1. The van der Waals surface area contributed by atoms with Gasteiger partial charge in [0.15, 0.2) is 0 Å². The standard InChI is InChI=1S/C43H82NO12P/c1-3-5-7-9-11-13-15-17-18-19-21-23-25-27-29-31-36(46)35(33-55-57(53,54)56-43-41(51)39(49)38(48)40(50)42(43)52)44-37(47)32-34(45)30-28-26-24-22-20-16-14-12-10-8-6-4-2/h21,23,29,31,34-36,38-43,45-46,48-52H,3-20,22,24-28,30,32-33H2,1-2H3,(H,44,47)(H,53,54)/b23-21+,31-29+. The summed E-state index contributed by atoms with van der Waals surface area (Å²) in [4.78, 5) is 23.4. The van der Waals surface area contributed by atoms with Gasteiger partial charge in [-0.15, -0.1) is 0 Å². The first-order chi connectivity index (χ1) is 27.3. The van der Waals surface area contributed by atoms with Crippen molar-refractivity contribution in [1.29, 1.82) is 0 Å². The Labute approximate surface area is 344 Å². The fraction of sp³-hybridized carbons (Fsp3) is 0.884. The van der Waals surface area contributed by atoms with Crippen LogP contribution < -0.4 is 5.32 Å². The van der Waals surface area contributed by atoms with Gasteiger partial charge in [-0.3, -0.25) is 13.8 Å². The highest BCUT2D eigenvalue weighted by molar-refractivity contribution is 7.47. The van der Waals surface area contributed by atoms with Gasteiger partial charge in [-0.25, -0.2) is 4.57 Å². The Morgan fingerprint density at radius 3 is 1.54 bits per heavy atom. The fourth-order valence-electron chi connectivity index (χ4n) is 7.08. The topological polar surface area (TPSA) is 226 Å². The maximum absolute atomic E-state index is 13.0. The quantitative estimate of drug-likeness (QED) is 0.0180. The van der Waals surface area contributed by atoms with Crippen molar-refractivity contribution < 1.29 is 59.0 Å². The fourth-order valence-corrected chi connectivity index (χ4v) is 8.05. The van der Waals surface area contributed by atoms with E-state index in [0.717, 1.165) is 44.9 Å². The molecular weight excluding hydrogens is 753 g/mol. The van der Waals surface area contributed by atoms with Crippen molar-refractivity contribution in [2.75, 3.05) is 6.61 Å². The Kier molecular flexibility index (Phi) is 31.6. The first-order valence-corrected chi connectivity index (χ1v) is 23.9. The van der Waals surface area contributed by atoms with Gasteiger partial charge in [-0.05, 0) is 32.1 Å². The molecule has 14 heteroatoms. The minimum Gasteiger partial charge on any atom is -0.393 e. The summed E-state index contributed by atoms with van der Waals surface area (Å²) in [5, 5.41) is 74.3. The Morgan fingerprint density at radius 2 is 1.04 bits per heavy atom. The Balaban J connectivity index is 2.61. The lowest BCUT2D eigenvalue weighted by Crippen LogP contribution is -2.64. The van der Waals surface area contributed by atoms with Crippen LogP contribution in [0.25, 0.3) is 0 Å². The Bertz CT molecular complexity index is 1080. The molecule has 0 radical (unpaired) electrons. The third-order valence-electron chi connectivity index (χ3n) is 10.8. The van der Waals surface area contributed by atoms with Gasteiger partial charge in [0.25, 0.3) is 0 Å². The van der Waals surface area contributed by atoms with Crippen LogP contribution in [0.1, 0.15) is 181 Å². The maximum Gasteiger partial charge on any atom is 0.472 e. The minimum absolute atomic E-state index is 0.249. The van der Waals surface area contributed by atoms with Gasteiger partial charge in [-0.2, -0.15) is 0 Å². The molecule has 0 aromatic heterocycles. The first kappa shape index (κ1) is 53.8. The number of rotatable bonds is 36. The molecule has 336 valence electrons. The first-order valence-electron chi connectivity index (χ1n) is 22.4. The number of phosphoric ester groups is 1. The molecule has 1 fully saturated rings. The predicted octanol–water partition coefficient (Wildman–Crippen LogP) is 6.81. The summed E-state index contributed by atoms with van der Waals surface area (Å²) in [6.45, 7) is 3.70. The number of hydrogen-bond donors (Lipinski definition) is 9. The van der Waals surface area contributed by atoms with Crippen LogP contribution in [0.2, 0.25) is 0 Å². The van der Waals surface area contributed by atoms with Crippen LogP contribution in [0.15, 0.2) is 24.3 Å². The minimum atomic E-state index is -5.14. The number of carbonyl (C=O) groups excluding carboxylic acids is 1. The van der Waals surface area contributed by atoms with E-state index >= 15 is 0 Å². The summed E-state index contributed by atoms with van der Waals surface area (Å²) >= 11 is 0. The van der Waals surface area contributed by atoms with Crippen LogP contribution in [0, 0.1) is 0 Å². The summed E-state index contributed by atoms with van der Waals surface area (Å²) in [6, 6.07) is -1.25. The molecule has 1 aliphatic rings. The summed E-state index contributed by atoms with van der Waals surface area (Å²) in [6.07, 6.45) is 21.3. The number of amides is 1. The zero-order valence-corrected chi connectivity index (χ0v) is 36.1. The second-order valence-corrected chi connectivity index (χ2v) is 17.5. The average Bonchev–Trinajstić information content (AvgIpc) is 3.18. The Hall–Kier alpha value is -1.22. The maximum atomic E-state index is 13.0. The van der Waals surface area contributed by atoms with Crippen LogP contribution in [0.4, 0.5) is 0 Å². The van der Waals surface area contributed by atoms with Crippen LogP contribution in [-0.4, -0.2) is 108 Å². The van der Waals surface area contributed by atoms with E-state index in [0.29, 0.717) is 12.8 Å². The van der Waals surface area contributed by atoms with E-state index in [2.05, 4.69) is 31.3 Å². The number of nitrogens with one attached hydrogen (secondary N) is 1. The molecule has 1 saturated carbocycles. The van der Waals surface area contributed by atoms with Crippen molar-refractivity contribution >= 4 is 13.7 Å². The molecule has 0 spiro atoms. The van der Waals surface area contributed by atoms with Crippen molar-refractivity contribution in [3.05, 3.63) is 24.3 Å². The molecule has 0 heterocycles. The summed E-state index contributed by atoms with van der Waals surface area (Å²) < 4.78 is 22.8. The Morgan fingerprint density at radius 1 is 0.614 bits per heavy atom. The largest absolute Gasteiger partial charge is 0.472 e. The van der Waals surface area contributed by atoms with Gasteiger partial charge in [0.05, 0.1) is 31.3 Å². The van der Waals surface area contributed by atoms with Gasteiger partial charge in [0.2, 0.25) is 5.91 Å². The number of allylic oxidation sites excluding steroid dienone is 3. The van der Waals surface area contributed by atoms with Crippen molar-refractivity contribution in [2.24, 2.45) is 0 Å². The second-order valence-electron chi connectivity index (χ2n) is 16.1. The molecular formula is C43H82NO12P. The van der Waals surface area contributed by atoms with E-state index in [9.17, 15) is 50.0 Å². The second kappa shape index (κ2) is 33.5. The highest BCUT2D eigenvalue weighted by Crippen LogP contribution is 2.47. The molecule has 0 saturated heterocycles.